The number of morpholine rings is 1. The molecule has 1 aliphatic rings. The minimum Gasteiger partial charge on any atom is -0.379 e. The highest BCUT2D eigenvalue weighted by Crippen LogP contribution is 2.16. The number of ether oxygens (including phenoxy) is 1. The Balaban J connectivity index is 1.49. The molecular formula is C22H25N5O3. The Kier molecular flexibility index (Phi) is 6.46. The van der Waals surface area contributed by atoms with Crippen molar-refractivity contribution in [2.45, 2.75) is 13.0 Å². The summed E-state index contributed by atoms with van der Waals surface area (Å²) in [7, 11) is 0. The lowest BCUT2D eigenvalue weighted by molar-refractivity contribution is -0.122. The molecule has 1 aromatic carbocycles. The molecule has 8 heteroatoms. The lowest BCUT2D eigenvalue weighted by Crippen LogP contribution is -2.42. The summed E-state index contributed by atoms with van der Waals surface area (Å²) in [4.78, 5) is 31.7. The minimum atomic E-state index is -0.260. The van der Waals surface area contributed by atoms with Crippen LogP contribution in [0.25, 0.3) is 10.8 Å². The molecule has 0 radical (unpaired) electrons. The Morgan fingerprint density at radius 3 is 2.67 bits per heavy atom. The number of amides is 1. The first-order valence-corrected chi connectivity index (χ1v) is 10.1. The van der Waals surface area contributed by atoms with Crippen LogP contribution in [0.3, 0.4) is 0 Å². The Morgan fingerprint density at radius 1 is 1.10 bits per heavy atom. The Bertz CT molecular complexity index is 1060. The lowest BCUT2D eigenvalue weighted by Gasteiger charge is -2.26. The number of nitrogens with one attached hydrogen (secondary N) is 1. The summed E-state index contributed by atoms with van der Waals surface area (Å²) in [5, 5.41) is 8.78. The van der Waals surface area contributed by atoms with Crippen molar-refractivity contribution >= 4 is 16.7 Å². The largest absolute Gasteiger partial charge is 0.379 e. The zero-order chi connectivity index (χ0) is 20.8. The summed E-state index contributed by atoms with van der Waals surface area (Å²) in [6, 6.07) is 11.2. The van der Waals surface area contributed by atoms with Gasteiger partial charge in [0.2, 0.25) is 5.91 Å². The third kappa shape index (κ3) is 4.90. The predicted octanol–water partition coefficient (Wildman–Crippen LogP) is 0.831. The van der Waals surface area contributed by atoms with Gasteiger partial charge >= 0.3 is 0 Å². The highest BCUT2D eigenvalue weighted by molar-refractivity contribution is 5.84. The van der Waals surface area contributed by atoms with Gasteiger partial charge in [0.25, 0.3) is 5.56 Å². The van der Waals surface area contributed by atoms with Crippen molar-refractivity contribution in [3.63, 3.8) is 0 Å². The van der Waals surface area contributed by atoms with Crippen LogP contribution < -0.4 is 10.9 Å². The third-order valence-electron chi connectivity index (χ3n) is 5.19. The molecule has 1 saturated heterocycles. The fraction of sp³-hybridized carbons (Fsp3) is 0.364. The summed E-state index contributed by atoms with van der Waals surface area (Å²) in [6.45, 7) is 4.39. The topological polar surface area (TPSA) is 89.3 Å². The SMILES string of the molecule is O=C(Cn1nc(Cc2cccnc2)c2ccccc2c1=O)NCCN1CCOCC1. The van der Waals surface area contributed by atoms with Gasteiger partial charge in [-0.05, 0) is 17.7 Å². The normalized spacial score (nSPS) is 14.7. The molecular weight excluding hydrogens is 382 g/mol. The quantitative estimate of drug-likeness (QED) is 0.624. The number of pyridine rings is 1. The molecule has 4 rings (SSSR count). The Morgan fingerprint density at radius 2 is 1.90 bits per heavy atom. The molecule has 2 aromatic heterocycles. The van der Waals surface area contributed by atoms with E-state index in [2.05, 4.69) is 20.3 Å². The molecule has 8 nitrogen and oxygen atoms in total. The van der Waals surface area contributed by atoms with Gasteiger partial charge in [0.05, 0.1) is 24.3 Å². The van der Waals surface area contributed by atoms with Crippen molar-refractivity contribution in [2.75, 3.05) is 39.4 Å². The predicted molar refractivity (Wildman–Crippen MR) is 113 cm³/mol. The van der Waals surface area contributed by atoms with Gasteiger partial charge in [-0.1, -0.05) is 24.3 Å². The maximum Gasteiger partial charge on any atom is 0.275 e. The standard InChI is InChI=1S/C22H25N5O3/c28-21(24-8-9-26-10-12-30-13-11-26)16-27-22(29)19-6-2-1-5-18(19)20(25-27)14-17-4-3-7-23-15-17/h1-7,15H,8-14,16H2,(H,24,28). The summed E-state index contributed by atoms with van der Waals surface area (Å²) < 4.78 is 6.59. The van der Waals surface area contributed by atoms with E-state index in [1.807, 2.05) is 30.3 Å². The molecule has 1 amide bonds. The van der Waals surface area contributed by atoms with Gasteiger partial charge < -0.3 is 10.1 Å². The number of carbonyl (C=O) groups excluding carboxylic acids is 1. The Labute approximate surface area is 174 Å². The molecule has 0 aliphatic carbocycles. The number of carbonyl (C=O) groups is 1. The van der Waals surface area contributed by atoms with E-state index in [0.29, 0.717) is 18.4 Å². The van der Waals surface area contributed by atoms with E-state index in [-0.39, 0.29) is 18.0 Å². The second kappa shape index (κ2) is 9.60. The number of hydrogen-bond acceptors (Lipinski definition) is 6. The summed E-state index contributed by atoms with van der Waals surface area (Å²) in [5.41, 5.74) is 1.48. The van der Waals surface area contributed by atoms with Gasteiger partial charge in [0.1, 0.15) is 6.54 Å². The van der Waals surface area contributed by atoms with Crippen molar-refractivity contribution in [2.24, 2.45) is 0 Å². The van der Waals surface area contributed by atoms with Gasteiger partial charge in [0, 0.05) is 50.4 Å². The van der Waals surface area contributed by atoms with Crippen LogP contribution in [0.2, 0.25) is 0 Å². The highest BCUT2D eigenvalue weighted by Gasteiger charge is 2.14. The first kappa shape index (κ1) is 20.2. The molecule has 3 aromatic rings. The Hall–Kier alpha value is -3.10. The van der Waals surface area contributed by atoms with Crippen molar-refractivity contribution in [3.05, 3.63) is 70.4 Å². The molecule has 30 heavy (non-hydrogen) atoms. The molecule has 0 unspecified atom stereocenters. The van der Waals surface area contributed by atoms with Gasteiger partial charge in [-0.3, -0.25) is 19.5 Å². The van der Waals surface area contributed by atoms with Crippen molar-refractivity contribution in [1.82, 2.24) is 25.0 Å². The van der Waals surface area contributed by atoms with Gasteiger partial charge in [-0.2, -0.15) is 5.10 Å². The van der Waals surface area contributed by atoms with E-state index in [0.717, 1.165) is 49.5 Å². The van der Waals surface area contributed by atoms with Crippen molar-refractivity contribution in [3.8, 4) is 0 Å². The summed E-state index contributed by atoms with van der Waals surface area (Å²) in [6.07, 6.45) is 4.04. The van der Waals surface area contributed by atoms with Crippen LogP contribution >= 0.6 is 0 Å². The van der Waals surface area contributed by atoms with E-state index >= 15 is 0 Å². The first-order valence-electron chi connectivity index (χ1n) is 10.1. The van der Waals surface area contributed by atoms with E-state index in [4.69, 9.17) is 4.74 Å². The summed E-state index contributed by atoms with van der Waals surface area (Å²) >= 11 is 0. The van der Waals surface area contributed by atoms with Crippen LogP contribution in [-0.2, 0) is 22.5 Å². The molecule has 1 fully saturated rings. The van der Waals surface area contributed by atoms with Crippen LogP contribution in [0.4, 0.5) is 0 Å². The number of benzene rings is 1. The van der Waals surface area contributed by atoms with Crippen LogP contribution in [0.15, 0.2) is 53.6 Å². The third-order valence-corrected chi connectivity index (χ3v) is 5.19. The van der Waals surface area contributed by atoms with E-state index in [9.17, 15) is 9.59 Å². The monoisotopic (exact) mass is 407 g/mol. The highest BCUT2D eigenvalue weighted by atomic mass is 16.5. The lowest BCUT2D eigenvalue weighted by atomic mass is 10.1. The van der Waals surface area contributed by atoms with Gasteiger partial charge in [0.15, 0.2) is 0 Å². The number of aromatic nitrogens is 3. The summed E-state index contributed by atoms with van der Waals surface area (Å²) in [5.74, 6) is -0.222. The molecule has 1 aliphatic heterocycles. The average molecular weight is 407 g/mol. The molecule has 0 spiro atoms. The average Bonchev–Trinajstić information content (AvgIpc) is 2.78. The molecule has 156 valence electrons. The molecule has 3 heterocycles. The van der Waals surface area contributed by atoms with E-state index < -0.39 is 0 Å². The van der Waals surface area contributed by atoms with Crippen LogP contribution in [0.5, 0.6) is 0 Å². The smallest absolute Gasteiger partial charge is 0.275 e. The second-order valence-corrected chi connectivity index (χ2v) is 7.30. The van der Waals surface area contributed by atoms with Crippen LogP contribution in [0, 0.1) is 0 Å². The minimum absolute atomic E-state index is 0.104. The molecule has 0 atom stereocenters. The molecule has 0 bridgehead atoms. The zero-order valence-electron chi connectivity index (χ0n) is 16.8. The van der Waals surface area contributed by atoms with Crippen molar-refractivity contribution in [1.29, 1.82) is 0 Å². The van der Waals surface area contributed by atoms with Crippen molar-refractivity contribution < 1.29 is 9.53 Å². The number of rotatable bonds is 7. The second-order valence-electron chi connectivity index (χ2n) is 7.30. The maximum absolute atomic E-state index is 12.9. The fourth-order valence-electron chi connectivity index (χ4n) is 3.61. The van der Waals surface area contributed by atoms with Gasteiger partial charge in [-0.15, -0.1) is 0 Å². The number of hydrogen-bond donors (Lipinski definition) is 1. The first-order chi connectivity index (χ1) is 14.7. The maximum atomic E-state index is 12.9. The van der Waals surface area contributed by atoms with E-state index in [1.165, 1.54) is 4.68 Å². The molecule has 0 saturated carbocycles. The fourth-order valence-corrected chi connectivity index (χ4v) is 3.61. The van der Waals surface area contributed by atoms with E-state index in [1.54, 1.807) is 18.5 Å². The number of fused-ring (bicyclic) bond motifs is 1. The van der Waals surface area contributed by atoms with Crippen LogP contribution in [0.1, 0.15) is 11.3 Å². The zero-order valence-corrected chi connectivity index (χ0v) is 16.8. The molecule has 1 N–H and O–H groups in total. The number of nitrogens with zero attached hydrogens (tertiary/aromatic N) is 4. The van der Waals surface area contributed by atoms with Crippen LogP contribution in [-0.4, -0.2) is 65.0 Å². The van der Waals surface area contributed by atoms with Gasteiger partial charge in [-0.25, -0.2) is 4.68 Å².